The van der Waals surface area contributed by atoms with Gasteiger partial charge in [0.25, 0.3) is 0 Å². The van der Waals surface area contributed by atoms with Crippen molar-refractivity contribution in [1.29, 1.82) is 0 Å². The lowest BCUT2D eigenvalue weighted by Crippen LogP contribution is -2.20. The molecule has 2 heterocycles. The molecule has 1 unspecified atom stereocenters. The van der Waals surface area contributed by atoms with E-state index < -0.39 is 0 Å². The molecule has 1 heteroatoms. The maximum atomic E-state index is 2.28. The minimum Gasteiger partial charge on any atom is -0.350 e. The van der Waals surface area contributed by atoms with Crippen LogP contribution in [-0.4, -0.2) is 4.57 Å². The Hall–Kier alpha value is -0.720. The van der Waals surface area contributed by atoms with Crippen molar-refractivity contribution in [2.45, 2.75) is 19.4 Å². The average Bonchev–Trinajstić information content (AvgIpc) is 2.09. The Morgan fingerprint density at radius 2 is 2.62 bits per heavy atom. The summed E-state index contributed by atoms with van der Waals surface area (Å²) in [5.41, 5.74) is 1.49. The molecule has 0 saturated carbocycles. The minimum atomic E-state index is 0.810. The van der Waals surface area contributed by atoms with Crippen molar-refractivity contribution >= 4 is 0 Å². The second kappa shape index (κ2) is 1.16. The molecule has 1 atom stereocenters. The van der Waals surface area contributed by atoms with Crippen LogP contribution in [0.15, 0.2) is 18.3 Å². The molecular weight excluding hydrogens is 98.1 g/mol. The van der Waals surface area contributed by atoms with E-state index >= 15 is 0 Å². The highest BCUT2D eigenvalue weighted by Gasteiger charge is 2.19. The van der Waals surface area contributed by atoms with Gasteiger partial charge in [-0.2, -0.15) is 0 Å². The Balaban J connectivity index is 2.53. The highest BCUT2D eigenvalue weighted by Crippen LogP contribution is 2.27. The first-order chi connectivity index (χ1) is 3.88. The van der Waals surface area contributed by atoms with Gasteiger partial charge in [0, 0.05) is 24.4 Å². The Kier molecular flexibility index (Phi) is 0.608. The largest absolute Gasteiger partial charge is 0.350 e. The third kappa shape index (κ3) is 0.324. The molecule has 0 aromatic carbocycles. The summed E-state index contributed by atoms with van der Waals surface area (Å²) < 4.78 is 2.28. The highest BCUT2D eigenvalue weighted by atomic mass is 15.0. The first-order valence-corrected chi connectivity index (χ1v) is 3.03. The summed E-state index contributed by atoms with van der Waals surface area (Å²) in [7, 11) is 0. The topological polar surface area (TPSA) is 4.93 Å². The zero-order valence-electron chi connectivity index (χ0n) is 4.96. The number of hydrogen-bond acceptors (Lipinski definition) is 0. The summed E-state index contributed by atoms with van der Waals surface area (Å²) in [4.78, 5) is 0. The predicted molar refractivity (Wildman–Crippen MR) is 32.8 cm³/mol. The van der Waals surface area contributed by atoms with Gasteiger partial charge in [0.15, 0.2) is 0 Å². The Labute approximate surface area is 48.9 Å². The van der Waals surface area contributed by atoms with Crippen molar-refractivity contribution < 1.29 is 0 Å². The SMILES string of the molecule is CC1Cn2cccc21. The van der Waals surface area contributed by atoms with Crippen LogP contribution in [0.2, 0.25) is 0 Å². The quantitative estimate of drug-likeness (QED) is 0.474. The monoisotopic (exact) mass is 107 g/mol. The summed E-state index contributed by atoms with van der Waals surface area (Å²) in [6, 6.07) is 4.30. The summed E-state index contributed by atoms with van der Waals surface area (Å²) >= 11 is 0. The van der Waals surface area contributed by atoms with E-state index in [2.05, 4.69) is 29.8 Å². The molecule has 1 aromatic heterocycles. The van der Waals surface area contributed by atoms with Crippen molar-refractivity contribution in [3.05, 3.63) is 24.0 Å². The van der Waals surface area contributed by atoms with Gasteiger partial charge in [0.1, 0.15) is 0 Å². The molecule has 0 N–H and O–H groups in total. The van der Waals surface area contributed by atoms with Crippen LogP contribution in [0.4, 0.5) is 0 Å². The zero-order valence-corrected chi connectivity index (χ0v) is 4.96. The van der Waals surface area contributed by atoms with Crippen LogP contribution < -0.4 is 0 Å². The fraction of sp³-hybridized carbons (Fsp3) is 0.429. The molecule has 8 heavy (non-hydrogen) atoms. The normalized spacial score (nSPS) is 24.4. The zero-order chi connectivity index (χ0) is 5.56. The van der Waals surface area contributed by atoms with Crippen molar-refractivity contribution in [1.82, 2.24) is 4.57 Å². The van der Waals surface area contributed by atoms with Crippen LogP contribution >= 0.6 is 0 Å². The van der Waals surface area contributed by atoms with Gasteiger partial charge in [-0.05, 0) is 12.1 Å². The van der Waals surface area contributed by atoms with E-state index in [0.29, 0.717) is 0 Å². The average molecular weight is 107 g/mol. The molecular formula is C7H9N. The molecule has 0 bridgehead atoms. The van der Waals surface area contributed by atoms with Crippen LogP contribution in [0, 0.1) is 0 Å². The smallest absolute Gasteiger partial charge is 0.0302 e. The molecule has 1 aliphatic heterocycles. The second-order valence-electron chi connectivity index (χ2n) is 2.49. The lowest BCUT2D eigenvalue weighted by atomic mass is 10.0. The number of nitrogens with zero attached hydrogens (tertiary/aromatic N) is 1. The fourth-order valence-electron chi connectivity index (χ4n) is 1.32. The van der Waals surface area contributed by atoms with Gasteiger partial charge in [0.2, 0.25) is 0 Å². The van der Waals surface area contributed by atoms with E-state index in [1.807, 2.05) is 0 Å². The molecule has 2 rings (SSSR count). The van der Waals surface area contributed by atoms with E-state index in [0.717, 1.165) is 5.92 Å². The number of fused-ring (bicyclic) bond motifs is 1. The van der Waals surface area contributed by atoms with Gasteiger partial charge in [-0.25, -0.2) is 0 Å². The second-order valence-corrected chi connectivity index (χ2v) is 2.49. The number of rotatable bonds is 0. The third-order valence-corrected chi connectivity index (χ3v) is 1.84. The maximum absolute atomic E-state index is 2.28. The first-order valence-electron chi connectivity index (χ1n) is 3.03. The Bertz CT molecular complexity index is 200. The van der Waals surface area contributed by atoms with Gasteiger partial charge in [-0.1, -0.05) is 6.92 Å². The van der Waals surface area contributed by atoms with E-state index in [4.69, 9.17) is 0 Å². The van der Waals surface area contributed by atoms with Crippen molar-refractivity contribution in [3.8, 4) is 0 Å². The Morgan fingerprint density at radius 1 is 1.75 bits per heavy atom. The lowest BCUT2D eigenvalue weighted by Gasteiger charge is -2.25. The standard InChI is InChI=1S/C7H9N/c1-6-5-8-4-2-3-7(6)8/h2-4,6H,5H2,1H3. The van der Waals surface area contributed by atoms with Gasteiger partial charge < -0.3 is 4.57 Å². The van der Waals surface area contributed by atoms with Gasteiger partial charge in [-0.3, -0.25) is 0 Å². The predicted octanol–water partition coefficient (Wildman–Crippen LogP) is 1.61. The van der Waals surface area contributed by atoms with Gasteiger partial charge in [0.05, 0.1) is 0 Å². The summed E-state index contributed by atoms with van der Waals surface area (Å²) in [6.45, 7) is 3.48. The highest BCUT2D eigenvalue weighted by molar-refractivity contribution is 5.18. The summed E-state index contributed by atoms with van der Waals surface area (Å²) in [6.07, 6.45) is 2.13. The fourth-order valence-corrected chi connectivity index (χ4v) is 1.32. The third-order valence-electron chi connectivity index (χ3n) is 1.84. The molecule has 0 spiro atoms. The molecule has 1 aromatic rings. The Morgan fingerprint density at radius 3 is 3.12 bits per heavy atom. The molecule has 1 nitrogen and oxygen atoms in total. The van der Waals surface area contributed by atoms with Crippen molar-refractivity contribution in [2.24, 2.45) is 0 Å². The van der Waals surface area contributed by atoms with E-state index in [1.54, 1.807) is 0 Å². The van der Waals surface area contributed by atoms with E-state index in [1.165, 1.54) is 12.2 Å². The van der Waals surface area contributed by atoms with Crippen molar-refractivity contribution in [2.75, 3.05) is 0 Å². The van der Waals surface area contributed by atoms with Crippen LogP contribution in [0.5, 0.6) is 0 Å². The molecule has 0 fully saturated rings. The molecule has 0 radical (unpaired) electrons. The van der Waals surface area contributed by atoms with Gasteiger partial charge in [-0.15, -0.1) is 0 Å². The van der Waals surface area contributed by atoms with E-state index in [-0.39, 0.29) is 0 Å². The van der Waals surface area contributed by atoms with Crippen molar-refractivity contribution in [3.63, 3.8) is 0 Å². The number of aromatic nitrogens is 1. The molecule has 1 aliphatic rings. The van der Waals surface area contributed by atoms with Crippen LogP contribution in [0.3, 0.4) is 0 Å². The molecule has 0 saturated heterocycles. The molecule has 0 aliphatic carbocycles. The van der Waals surface area contributed by atoms with Crippen LogP contribution in [0.1, 0.15) is 18.5 Å². The van der Waals surface area contributed by atoms with Gasteiger partial charge >= 0.3 is 0 Å². The summed E-state index contributed by atoms with van der Waals surface area (Å²) in [5.74, 6) is 0.810. The minimum absolute atomic E-state index is 0.810. The van der Waals surface area contributed by atoms with Crippen LogP contribution in [-0.2, 0) is 6.54 Å². The van der Waals surface area contributed by atoms with Crippen LogP contribution in [0.25, 0.3) is 0 Å². The molecule has 42 valence electrons. The number of hydrogen-bond donors (Lipinski definition) is 0. The first kappa shape index (κ1) is 4.19. The lowest BCUT2D eigenvalue weighted by molar-refractivity contribution is 0.461. The van der Waals surface area contributed by atoms with E-state index in [9.17, 15) is 0 Å². The molecule has 0 amide bonds. The maximum Gasteiger partial charge on any atom is 0.0302 e. The summed E-state index contributed by atoms with van der Waals surface area (Å²) in [5, 5.41) is 0.